The molecule has 0 unspecified atom stereocenters. The van der Waals surface area contributed by atoms with E-state index >= 15 is 0 Å². The number of hydrogen-bond donors (Lipinski definition) is 0. The van der Waals surface area contributed by atoms with Crippen molar-refractivity contribution in [1.82, 2.24) is 4.90 Å². The number of benzene rings is 1. The van der Waals surface area contributed by atoms with Gasteiger partial charge in [0.05, 0.1) is 5.56 Å². The van der Waals surface area contributed by atoms with Gasteiger partial charge in [-0.05, 0) is 30.9 Å². The van der Waals surface area contributed by atoms with Crippen molar-refractivity contribution >= 4 is 5.91 Å². The molecule has 1 fully saturated rings. The molecule has 1 aliphatic heterocycles. The molecule has 1 amide bonds. The van der Waals surface area contributed by atoms with Crippen molar-refractivity contribution in [3.8, 4) is 11.8 Å². The first kappa shape index (κ1) is 15.3. The van der Waals surface area contributed by atoms with Crippen LogP contribution in [0.25, 0.3) is 0 Å². The van der Waals surface area contributed by atoms with Crippen LogP contribution in [0.3, 0.4) is 0 Å². The third kappa shape index (κ3) is 4.47. The quantitative estimate of drug-likeness (QED) is 0.829. The van der Waals surface area contributed by atoms with Gasteiger partial charge >= 0.3 is 0 Å². The van der Waals surface area contributed by atoms with Gasteiger partial charge in [0.25, 0.3) is 5.91 Å². The molecule has 2 rings (SSSR count). The van der Waals surface area contributed by atoms with Crippen LogP contribution in [-0.4, -0.2) is 44.2 Å². The summed E-state index contributed by atoms with van der Waals surface area (Å²) in [6, 6.07) is 8.97. The van der Waals surface area contributed by atoms with E-state index in [4.69, 9.17) is 14.7 Å². The van der Waals surface area contributed by atoms with Crippen molar-refractivity contribution < 1.29 is 14.3 Å². The van der Waals surface area contributed by atoms with Gasteiger partial charge in [0.1, 0.15) is 11.8 Å². The second-order valence-corrected chi connectivity index (χ2v) is 5.23. The van der Waals surface area contributed by atoms with Gasteiger partial charge in [0.15, 0.2) is 6.61 Å². The number of ether oxygens (including phenoxy) is 2. The molecule has 112 valence electrons. The molecule has 0 N–H and O–H groups in total. The minimum atomic E-state index is -0.0748. The second-order valence-electron chi connectivity index (χ2n) is 5.23. The lowest BCUT2D eigenvalue weighted by Gasteiger charge is -2.27. The van der Waals surface area contributed by atoms with E-state index in [1.54, 1.807) is 36.2 Å². The van der Waals surface area contributed by atoms with Gasteiger partial charge < -0.3 is 14.4 Å². The van der Waals surface area contributed by atoms with Crippen LogP contribution in [0.4, 0.5) is 0 Å². The maximum atomic E-state index is 12.1. The third-order valence-electron chi connectivity index (χ3n) is 3.66. The summed E-state index contributed by atoms with van der Waals surface area (Å²) in [5.41, 5.74) is 0.442. The summed E-state index contributed by atoms with van der Waals surface area (Å²) < 4.78 is 10.8. The Morgan fingerprint density at radius 3 is 2.86 bits per heavy atom. The van der Waals surface area contributed by atoms with E-state index in [-0.39, 0.29) is 12.5 Å². The first-order chi connectivity index (χ1) is 10.2. The Kier molecular flexibility index (Phi) is 5.59. The highest BCUT2D eigenvalue weighted by atomic mass is 16.5. The van der Waals surface area contributed by atoms with Gasteiger partial charge in [0.2, 0.25) is 0 Å². The fourth-order valence-electron chi connectivity index (χ4n) is 2.35. The fourth-order valence-corrected chi connectivity index (χ4v) is 2.35. The van der Waals surface area contributed by atoms with E-state index in [0.29, 0.717) is 17.2 Å². The Morgan fingerprint density at radius 1 is 1.43 bits per heavy atom. The van der Waals surface area contributed by atoms with Gasteiger partial charge in [-0.25, -0.2) is 0 Å². The van der Waals surface area contributed by atoms with Crippen molar-refractivity contribution in [3.05, 3.63) is 29.8 Å². The van der Waals surface area contributed by atoms with Crippen molar-refractivity contribution in [2.75, 3.05) is 33.4 Å². The molecular formula is C16H20N2O3. The zero-order valence-corrected chi connectivity index (χ0v) is 12.2. The standard InChI is InChI=1S/C16H20N2O3/c1-18(11-13-6-8-20-9-7-13)16(19)12-21-15-5-3-2-4-14(15)10-17/h2-5,13H,6-9,11-12H2,1H3. The van der Waals surface area contributed by atoms with Crippen LogP contribution in [0.1, 0.15) is 18.4 Å². The topological polar surface area (TPSA) is 62.6 Å². The number of carbonyl (C=O) groups excluding carboxylic acids is 1. The highest BCUT2D eigenvalue weighted by molar-refractivity contribution is 5.77. The van der Waals surface area contributed by atoms with E-state index < -0.39 is 0 Å². The number of hydrogen-bond acceptors (Lipinski definition) is 4. The van der Waals surface area contributed by atoms with Crippen LogP contribution in [0.15, 0.2) is 24.3 Å². The Bertz CT molecular complexity index is 518. The van der Waals surface area contributed by atoms with Crippen LogP contribution >= 0.6 is 0 Å². The maximum absolute atomic E-state index is 12.1. The van der Waals surface area contributed by atoms with Crippen molar-refractivity contribution in [3.63, 3.8) is 0 Å². The molecule has 1 heterocycles. The number of amides is 1. The maximum Gasteiger partial charge on any atom is 0.260 e. The van der Waals surface area contributed by atoms with Crippen molar-refractivity contribution in [2.24, 2.45) is 5.92 Å². The van der Waals surface area contributed by atoms with E-state index in [2.05, 4.69) is 6.07 Å². The minimum Gasteiger partial charge on any atom is -0.482 e. The molecule has 21 heavy (non-hydrogen) atoms. The lowest BCUT2D eigenvalue weighted by atomic mass is 10.00. The molecule has 0 spiro atoms. The summed E-state index contributed by atoms with van der Waals surface area (Å²) in [6.45, 7) is 2.24. The number of rotatable bonds is 5. The summed E-state index contributed by atoms with van der Waals surface area (Å²) in [4.78, 5) is 13.8. The Labute approximate surface area is 125 Å². The second kappa shape index (κ2) is 7.65. The zero-order valence-electron chi connectivity index (χ0n) is 12.2. The lowest BCUT2D eigenvalue weighted by Crippen LogP contribution is -2.36. The molecular weight excluding hydrogens is 268 g/mol. The van der Waals surface area contributed by atoms with E-state index in [1.807, 2.05) is 0 Å². The Hall–Kier alpha value is -2.06. The Morgan fingerprint density at radius 2 is 2.14 bits per heavy atom. The van der Waals surface area contributed by atoms with Crippen molar-refractivity contribution in [2.45, 2.75) is 12.8 Å². The number of nitriles is 1. The van der Waals surface area contributed by atoms with Crippen LogP contribution in [0.5, 0.6) is 5.75 Å². The van der Waals surface area contributed by atoms with Gasteiger partial charge in [0, 0.05) is 26.8 Å². The fraction of sp³-hybridized carbons (Fsp3) is 0.500. The monoisotopic (exact) mass is 288 g/mol. The predicted molar refractivity (Wildman–Crippen MR) is 77.8 cm³/mol. The molecule has 1 aromatic carbocycles. The molecule has 1 saturated heterocycles. The van der Waals surface area contributed by atoms with Crippen molar-refractivity contribution in [1.29, 1.82) is 5.26 Å². The Balaban J connectivity index is 1.82. The molecule has 0 aliphatic carbocycles. The average molecular weight is 288 g/mol. The lowest BCUT2D eigenvalue weighted by molar-refractivity contribution is -0.133. The highest BCUT2D eigenvalue weighted by Crippen LogP contribution is 2.17. The average Bonchev–Trinajstić information content (AvgIpc) is 2.53. The summed E-state index contributed by atoms with van der Waals surface area (Å²) in [5.74, 6) is 0.876. The molecule has 5 nitrogen and oxygen atoms in total. The normalized spacial score (nSPS) is 15.2. The summed E-state index contributed by atoms with van der Waals surface area (Å²) >= 11 is 0. The third-order valence-corrected chi connectivity index (χ3v) is 3.66. The SMILES string of the molecule is CN(CC1CCOCC1)C(=O)COc1ccccc1C#N. The highest BCUT2D eigenvalue weighted by Gasteiger charge is 2.19. The smallest absolute Gasteiger partial charge is 0.260 e. The molecule has 0 bridgehead atoms. The van der Waals surface area contributed by atoms with Crippen LogP contribution in [0, 0.1) is 17.2 Å². The molecule has 0 radical (unpaired) electrons. The molecule has 1 aliphatic rings. The van der Waals surface area contributed by atoms with Crippen LogP contribution in [0.2, 0.25) is 0 Å². The predicted octanol–water partition coefficient (Wildman–Crippen LogP) is 1.82. The number of para-hydroxylation sites is 1. The number of nitrogens with zero attached hydrogens (tertiary/aromatic N) is 2. The largest absolute Gasteiger partial charge is 0.482 e. The summed E-state index contributed by atoms with van der Waals surface area (Å²) in [7, 11) is 1.79. The number of likely N-dealkylation sites (N-methyl/N-ethyl adjacent to an activating group) is 1. The summed E-state index contributed by atoms with van der Waals surface area (Å²) in [5, 5.41) is 8.97. The van der Waals surface area contributed by atoms with Gasteiger partial charge in [-0.1, -0.05) is 12.1 Å². The van der Waals surface area contributed by atoms with E-state index in [1.165, 1.54) is 0 Å². The van der Waals surface area contributed by atoms with Gasteiger partial charge in [-0.15, -0.1) is 0 Å². The van der Waals surface area contributed by atoms with E-state index in [9.17, 15) is 4.79 Å². The zero-order chi connectivity index (χ0) is 15.1. The molecule has 1 aromatic rings. The van der Waals surface area contributed by atoms with Crippen LogP contribution in [-0.2, 0) is 9.53 Å². The van der Waals surface area contributed by atoms with E-state index in [0.717, 1.165) is 32.6 Å². The molecule has 0 aromatic heterocycles. The molecule has 5 heteroatoms. The summed E-state index contributed by atoms with van der Waals surface area (Å²) in [6.07, 6.45) is 1.99. The molecule has 0 atom stereocenters. The first-order valence-corrected chi connectivity index (χ1v) is 7.14. The number of carbonyl (C=O) groups is 1. The van der Waals surface area contributed by atoms with Crippen LogP contribution < -0.4 is 4.74 Å². The first-order valence-electron chi connectivity index (χ1n) is 7.14. The molecule has 0 saturated carbocycles. The van der Waals surface area contributed by atoms with Gasteiger partial charge in [-0.2, -0.15) is 5.26 Å². The van der Waals surface area contributed by atoms with Gasteiger partial charge in [-0.3, -0.25) is 4.79 Å². The minimum absolute atomic E-state index is 0.0432.